The summed E-state index contributed by atoms with van der Waals surface area (Å²) >= 11 is 0. The number of hydrogen-bond donors (Lipinski definition) is 3. The number of aromatic nitrogens is 4. The summed E-state index contributed by atoms with van der Waals surface area (Å²) in [6.07, 6.45) is 3.53. The van der Waals surface area contributed by atoms with Crippen molar-refractivity contribution in [3.05, 3.63) is 108 Å². The molecule has 0 fully saturated rings. The van der Waals surface area contributed by atoms with Crippen LogP contribution in [0.25, 0.3) is 33.6 Å². The largest absolute Gasteiger partial charge is 0.492 e. The van der Waals surface area contributed by atoms with Crippen LogP contribution in [0.15, 0.2) is 102 Å². The normalized spacial score (nSPS) is 11.6. The van der Waals surface area contributed by atoms with Gasteiger partial charge in [-0.25, -0.2) is 4.98 Å². The monoisotopic (exact) mass is 558 g/mol. The molecule has 0 saturated heterocycles. The number of nitrogens with one attached hydrogen (secondary N) is 3. The first-order valence-electron chi connectivity index (χ1n) is 14.1. The number of hydrogen-bond acceptors (Lipinski definition) is 7. The maximum absolute atomic E-state index is 6.18. The highest BCUT2D eigenvalue weighted by Gasteiger charge is 2.14. The minimum atomic E-state index is 0.163. The molecule has 42 heavy (non-hydrogen) atoms. The number of nitrogens with zero attached hydrogens (tertiary/aromatic N) is 3. The van der Waals surface area contributed by atoms with Crippen LogP contribution in [0.4, 0.5) is 11.7 Å². The van der Waals surface area contributed by atoms with Crippen LogP contribution in [-0.2, 0) is 12.0 Å². The number of benzene rings is 4. The molecule has 0 atom stereocenters. The Hall–Kier alpha value is -4.95. The van der Waals surface area contributed by atoms with Crippen LogP contribution in [-0.4, -0.2) is 33.3 Å². The van der Waals surface area contributed by atoms with Gasteiger partial charge >= 0.3 is 6.01 Å². The van der Waals surface area contributed by atoms with Gasteiger partial charge in [-0.15, -0.1) is 5.10 Å². The first-order valence-corrected chi connectivity index (χ1v) is 14.1. The van der Waals surface area contributed by atoms with Gasteiger partial charge in [0.25, 0.3) is 0 Å². The lowest BCUT2D eigenvalue weighted by molar-refractivity contribution is 0.317. The van der Waals surface area contributed by atoms with Gasteiger partial charge in [-0.1, -0.05) is 86.5 Å². The summed E-state index contributed by atoms with van der Waals surface area (Å²) in [6.45, 7) is 8.80. The second-order valence-corrected chi connectivity index (χ2v) is 11.2. The first kappa shape index (κ1) is 27.2. The maximum atomic E-state index is 6.18. The van der Waals surface area contributed by atoms with Crippen LogP contribution in [0.3, 0.4) is 0 Å². The number of H-pyrrole nitrogens is 1. The van der Waals surface area contributed by atoms with E-state index in [4.69, 9.17) is 9.15 Å². The molecule has 3 N–H and O–H groups in total. The Bertz CT molecular complexity index is 1750. The van der Waals surface area contributed by atoms with Gasteiger partial charge < -0.3 is 24.8 Å². The Balaban J connectivity index is 1.07. The average Bonchev–Trinajstić information content (AvgIpc) is 3.71. The molecule has 0 aliphatic heterocycles. The zero-order valence-electron chi connectivity index (χ0n) is 24.0. The lowest BCUT2D eigenvalue weighted by Crippen LogP contribution is -2.20. The van der Waals surface area contributed by atoms with Gasteiger partial charge in [-0.05, 0) is 40.8 Å². The van der Waals surface area contributed by atoms with Gasteiger partial charge in [-0.3, -0.25) is 0 Å². The lowest BCUT2D eigenvalue weighted by Gasteiger charge is -2.19. The summed E-state index contributed by atoms with van der Waals surface area (Å²) in [4.78, 5) is 7.39. The molecule has 8 heteroatoms. The number of imidazole rings is 1. The van der Waals surface area contributed by atoms with Crippen molar-refractivity contribution in [2.45, 2.75) is 32.7 Å². The quantitative estimate of drug-likeness (QED) is 0.150. The number of ether oxygens (including phenoxy) is 1. The summed E-state index contributed by atoms with van der Waals surface area (Å²) in [5, 5.41) is 17.2. The second-order valence-electron chi connectivity index (χ2n) is 11.2. The van der Waals surface area contributed by atoms with Crippen LogP contribution in [0.2, 0.25) is 0 Å². The van der Waals surface area contributed by atoms with Gasteiger partial charge in [-0.2, -0.15) is 0 Å². The van der Waals surface area contributed by atoms with Gasteiger partial charge in [0.1, 0.15) is 18.2 Å². The van der Waals surface area contributed by atoms with E-state index in [0.29, 0.717) is 18.5 Å². The van der Waals surface area contributed by atoms with Crippen molar-refractivity contribution in [2.75, 3.05) is 18.5 Å². The standard InChI is InChI=1S/C34H34N6O2/c1-34(2,3)26-14-8-23(9-15-26)22-35-20-21-41-30-17-16-29(27-6-4-5-7-28(27)30)38-33-40-39-32(42-33)25-12-10-24(11-13-25)31-36-18-19-37-31/h4-19,35H,20-22H2,1-3H3,(H,36,37)(H,38,40). The van der Waals surface area contributed by atoms with E-state index in [2.05, 4.69) is 88.0 Å². The van der Waals surface area contributed by atoms with Crippen molar-refractivity contribution in [1.82, 2.24) is 25.5 Å². The number of fused-ring (bicyclic) bond motifs is 1. The SMILES string of the molecule is CC(C)(C)c1ccc(CNCCOc2ccc(Nc3nnc(-c4ccc(-c5ncc[nH]5)cc4)o3)c3ccccc23)cc1. The number of rotatable bonds is 10. The highest BCUT2D eigenvalue weighted by atomic mass is 16.5. The third-order valence-corrected chi connectivity index (χ3v) is 7.14. The fourth-order valence-corrected chi connectivity index (χ4v) is 4.79. The minimum Gasteiger partial charge on any atom is -0.492 e. The van der Waals surface area contributed by atoms with E-state index in [1.165, 1.54) is 11.1 Å². The molecule has 0 aliphatic rings. The molecule has 0 unspecified atom stereocenters. The van der Waals surface area contributed by atoms with Crippen molar-refractivity contribution in [1.29, 1.82) is 0 Å². The molecule has 0 bridgehead atoms. The van der Waals surface area contributed by atoms with Crippen molar-refractivity contribution in [2.24, 2.45) is 0 Å². The Labute approximate surface area is 245 Å². The van der Waals surface area contributed by atoms with Gasteiger partial charge in [0, 0.05) is 47.4 Å². The van der Waals surface area contributed by atoms with Crippen molar-refractivity contribution in [3.63, 3.8) is 0 Å². The summed E-state index contributed by atoms with van der Waals surface area (Å²) < 4.78 is 12.1. The van der Waals surface area contributed by atoms with E-state index in [0.717, 1.165) is 52.3 Å². The van der Waals surface area contributed by atoms with Crippen LogP contribution in [0.1, 0.15) is 31.9 Å². The Morgan fingerprint density at radius 2 is 1.60 bits per heavy atom. The fraction of sp³-hybridized carbons (Fsp3) is 0.206. The van der Waals surface area contributed by atoms with E-state index < -0.39 is 0 Å². The summed E-state index contributed by atoms with van der Waals surface area (Å²) in [5.41, 5.74) is 5.44. The Kier molecular flexibility index (Phi) is 7.70. The van der Waals surface area contributed by atoms with Crippen LogP contribution in [0, 0.1) is 0 Å². The number of aromatic amines is 1. The number of anilines is 2. The van der Waals surface area contributed by atoms with Crippen molar-refractivity contribution < 1.29 is 9.15 Å². The molecule has 6 rings (SSSR count). The Morgan fingerprint density at radius 3 is 2.33 bits per heavy atom. The van der Waals surface area contributed by atoms with Crippen LogP contribution < -0.4 is 15.4 Å². The summed E-state index contributed by atoms with van der Waals surface area (Å²) in [5.74, 6) is 2.08. The Morgan fingerprint density at radius 1 is 0.833 bits per heavy atom. The van der Waals surface area contributed by atoms with Crippen LogP contribution in [0.5, 0.6) is 5.75 Å². The second kappa shape index (κ2) is 11.9. The minimum absolute atomic E-state index is 0.163. The summed E-state index contributed by atoms with van der Waals surface area (Å²) in [6, 6.07) is 29.0. The molecular formula is C34H34N6O2. The van der Waals surface area contributed by atoms with E-state index >= 15 is 0 Å². The molecule has 0 saturated carbocycles. The van der Waals surface area contributed by atoms with Crippen LogP contribution >= 0.6 is 0 Å². The molecule has 0 aliphatic carbocycles. The highest BCUT2D eigenvalue weighted by molar-refractivity contribution is 5.98. The van der Waals surface area contributed by atoms with E-state index in [9.17, 15) is 0 Å². The highest BCUT2D eigenvalue weighted by Crippen LogP contribution is 2.34. The fourth-order valence-electron chi connectivity index (χ4n) is 4.79. The predicted molar refractivity (Wildman–Crippen MR) is 167 cm³/mol. The maximum Gasteiger partial charge on any atom is 0.320 e. The third-order valence-electron chi connectivity index (χ3n) is 7.14. The molecule has 0 amide bonds. The van der Waals surface area contributed by atoms with E-state index in [1.807, 2.05) is 48.5 Å². The molecule has 4 aromatic carbocycles. The van der Waals surface area contributed by atoms with Gasteiger partial charge in [0.2, 0.25) is 5.89 Å². The first-order chi connectivity index (χ1) is 20.4. The predicted octanol–water partition coefficient (Wildman–Crippen LogP) is 7.49. The molecule has 6 aromatic rings. The van der Waals surface area contributed by atoms with Gasteiger partial charge in [0.15, 0.2) is 0 Å². The van der Waals surface area contributed by atoms with Gasteiger partial charge in [0.05, 0.1) is 5.69 Å². The summed E-state index contributed by atoms with van der Waals surface area (Å²) in [7, 11) is 0. The molecule has 2 heterocycles. The average molecular weight is 559 g/mol. The zero-order chi connectivity index (χ0) is 28.9. The van der Waals surface area contributed by atoms with Crippen molar-refractivity contribution >= 4 is 22.5 Å². The molecule has 8 nitrogen and oxygen atoms in total. The van der Waals surface area contributed by atoms with E-state index in [1.54, 1.807) is 12.4 Å². The molecule has 0 spiro atoms. The molecule has 212 valence electrons. The smallest absolute Gasteiger partial charge is 0.320 e. The topological polar surface area (TPSA) is 101 Å². The molecular weight excluding hydrogens is 524 g/mol. The third kappa shape index (κ3) is 6.19. The molecule has 2 aromatic heterocycles. The van der Waals surface area contributed by atoms with Crippen molar-refractivity contribution in [3.8, 4) is 28.6 Å². The zero-order valence-corrected chi connectivity index (χ0v) is 24.0. The molecule has 0 radical (unpaired) electrons. The lowest BCUT2D eigenvalue weighted by atomic mass is 9.87. The van der Waals surface area contributed by atoms with E-state index in [-0.39, 0.29) is 5.41 Å².